The third kappa shape index (κ3) is 2.15. The Kier molecular flexibility index (Phi) is 3.06. The van der Waals surface area contributed by atoms with E-state index in [0.717, 1.165) is 38.9 Å². The minimum absolute atomic E-state index is 0.182. The van der Waals surface area contributed by atoms with E-state index in [9.17, 15) is 0 Å². The van der Waals surface area contributed by atoms with Gasteiger partial charge in [-0.2, -0.15) is 0 Å². The smallest absolute Gasteiger partial charge is 0.0959 e. The summed E-state index contributed by atoms with van der Waals surface area (Å²) in [7, 11) is 0. The molecule has 0 saturated heterocycles. The average molecular weight is 362 g/mol. The van der Waals surface area contributed by atoms with Gasteiger partial charge in [0, 0.05) is 49.7 Å². The SMILES string of the molecule is N=C1C=Cc2[nH]c3ccccc3c2C1Nc1ccc2[nH]c3ccccc3c2c1. The number of nitrogens with one attached hydrogen (secondary N) is 4. The van der Waals surface area contributed by atoms with Gasteiger partial charge in [-0.1, -0.05) is 36.4 Å². The highest BCUT2D eigenvalue weighted by molar-refractivity contribution is 6.10. The largest absolute Gasteiger partial charge is 0.373 e. The zero-order valence-electron chi connectivity index (χ0n) is 15.1. The first kappa shape index (κ1) is 15.3. The minimum Gasteiger partial charge on any atom is -0.373 e. The second-order valence-corrected chi connectivity index (χ2v) is 7.29. The molecular weight excluding hydrogens is 344 g/mol. The van der Waals surface area contributed by atoms with E-state index < -0.39 is 0 Å². The lowest BCUT2D eigenvalue weighted by Crippen LogP contribution is -2.21. The van der Waals surface area contributed by atoms with Crippen LogP contribution in [0.3, 0.4) is 0 Å². The molecule has 0 spiro atoms. The molecule has 134 valence electrons. The lowest BCUT2D eigenvalue weighted by molar-refractivity contribution is 1.03. The van der Waals surface area contributed by atoms with Crippen LogP contribution in [0.15, 0.2) is 72.8 Å². The number of hydrogen-bond donors (Lipinski definition) is 4. The van der Waals surface area contributed by atoms with E-state index in [1.165, 1.54) is 10.8 Å². The van der Waals surface area contributed by atoms with Gasteiger partial charge in [0.15, 0.2) is 0 Å². The number of aromatic amines is 2. The van der Waals surface area contributed by atoms with Crippen LogP contribution in [0.4, 0.5) is 5.69 Å². The molecule has 0 aliphatic heterocycles. The predicted octanol–water partition coefficient (Wildman–Crippen LogP) is 6.00. The van der Waals surface area contributed by atoms with E-state index in [0.29, 0.717) is 5.71 Å². The van der Waals surface area contributed by atoms with Crippen LogP contribution in [0.2, 0.25) is 0 Å². The summed E-state index contributed by atoms with van der Waals surface area (Å²) in [6, 6.07) is 22.8. The highest BCUT2D eigenvalue weighted by atomic mass is 14.9. The number of hydrogen-bond acceptors (Lipinski definition) is 2. The van der Waals surface area contributed by atoms with Crippen molar-refractivity contribution < 1.29 is 0 Å². The van der Waals surface area contributed by atoms with Gasteiger partial charge in [0.25, 0.3) is 0 Å². The van der Waals surface area contributed by atoms with Gasteiger partial charge in [0.05, 0.1) is 11.8 Å². The molecule has 0 saturated carbocycles. The van der Waals surface area contributed by atoms with Crippen LogP contribution in [0.5, 0.6) is 0 Å². The van der Waals surface area contributed by atoms with E-state index in [1.807, 2.05) is 30.4 Å². The molecular formula is C24H18N4. The summed E-state index contributed by atoms with van der Waals surface area (Å²) in [4.78, 5) is 6.94. The fourth-order valence-corrected chi connectivity index (χ4v) is 4.31. The van der Waals surface area contributed by atoms with Crippen molar-refractivity contribution in [3.8, 4) is 0 Å². The van der Waals surface area contributed by atoms with Gasteiger partial charge in [0.2, 0.25) is 0 Å². The topological polar surface area (TPSA) is 67.5 Å². The Labute approximate surface area is 161 Å². The van der Waals surface area contributed by atoms with Crippen molar-refractivity contribution >= 4 is 50.2 Å². The van der Waals surface area contributed by atoms with Crippen molar-refractivity contribution in [1.82, 2.24) is 9.97 Å². The van der Waals surface area contributed by atoms with Gasteiger partial charge in [-0.15, -0.1) is 0 Å². The molecule has 4 nitrogen and oxygen atoms in total. The predicted molar refractivity (Wildman–Crippen MR) is 117 cm³/mol. The summed E-state index contributed by atoms with van der Waals surface area (Å²) in [6.45, 7) is 0. The highest BCUT2D eigenvalue weighted by Crippen LogP contribution is 2.36. The summed E-state index contributed by atoms with van der Waals surface area (Å²) >= 11 is 0. The van der Waals surface area contributed by atoms with Crippen molar-refractivity contribution in [3.63, 3.8) is 0 Å². The Bertz CT molecular complexity index is 1420. The van der Waals surface area contributed by atoms with Gasteiger partial charge in [-0.05, 0) is 42.5 Å². The Morgan fingerprint density at radius 2 is 1.43 bits per heavy atom. The maximum atomic E-state index is 8.53. The van der Waals surface area contributed by atoms with E-state index >= 15 is 0 Å². The second-order valence-electron chi connectivity index (χ2n) is 7.29. The van der Waals surface area contributed by atoms with E-state index in [-0.39, 0.29) is 6.04 Å². The summed E-state index contributed by atoms with van der Waals surface area (Å²) in [6.07, 6.45) is 3.87. The lowest BCUT2D eigenvalue weighted by atomic mass is 9.93. The zero-order valence-corrected chi connectivity index (χ0v) is 15.1. The molecule has 2 heterocycles. The van der Waals surface area contributed by atoms with Crippen LogP contribution in [0.1, 0.15) is 17.3 Å². The molecule has 0 bridgehead atoms. The normalized spacial score (nSPS) is 16.1. The van der Waals surface area contributed by atoms with Crippen LogP contribution >= 0.6 is 0 Å². The Balaban J connectivity index is 1.48. The number of fused-ring (bicyclic) bond motifs is 6. The maximum absolute atomic E-state index is 8.53. The third-order valence-corrected chi connectivity index (χ3v) is 5.62. The van der Waals surface area contributed by atoms with Crippen LogP contribution < -0.4 is 5.32 Å². The van der Waals surface area contributed by atoms with Gasteiger partial charge in [-0.3, -0.25) is 0 Å². The number of H-pyrrole nitrogens is 2. The molecule has 1 unspecified atom stereocenters. The average Bonchev–Trinajstić information content (AvgIpc) is 3.28. The van der Waals surface area contributed by atoms with Crippen LogP contribution in [0, 0.1) is 5.41 Å². The maximum Gasteiger partial charge on any atom is 0.0959 e. The monoisotopic (exact) mass is 362 g/mol. The Morgan fingerprint density at radius 3 is 2.29 bits per heavy atom. The van der Waals surface area contributed by atoms with Crippen molar-refractivity contribution in [2.75, 3.05) is 5.32 Å². The van der Waals surface area contributed by atoms with Gasteiger partial charge in [-0.25, -0.2) is 0 Å². The Morgan fingerprint density at radius 1 is 0.714 bits per heavy atom. The molecule has 0 radical (unpaired) electrons. The quantitative estimate of drug-likeness (QED) is 0.305. The molecule has 1 atom stereocenters. The highest BCUT2D eigenvalue weighted by Gasteiger charge is 2.25. The first-order valence-corrected chi connectivity index (χ1v) is 9.42. The molecule has 4 N–H and O–H groups in total. The van der Waals surface area contributed by atoms with Crippen LogP contribution in [-0.2, 0) is 0 Å². The number of para-hydroxylation sites is 2. The first-order valence-electron chi connectivity index (χ1n) is 9.42. The van der Waals surface area contributed by atoms with Crippen molar-refractivity contribution in [1.29, 1.82) is 5.41 Å². The third-order valence-electron chi connectivity index (χ3n) is 5.62. The molecule has 6 rings (SSSR count). The van der Waals surface area contributed by atoms with Gasteiger partial charge in [0.1, 0.15) is 0 Å². The van der Waals surface area contributed by atoms with E-state index in [1.54, 1.807) is 0 Å². The molecule has 0 fully saturated rings. The lowest BCUT2D eigenvalue weighted by Gasteiger charge is -2.23. The van der Waals surface area contributed by atoms with E-state index in [2.05, 4.69) is 63.8 Å². The molecule has 2 aromatic heterocycles. The minimum atomic E-state index is -0.182. The molecule has 4 heteroatoms. The zero-order chi connectivity index (χ0) is 18.7. The fourth-order valence-electron chi connectivity index (χ4n) is 4.31. The summed E-state index contributed by atoms with van der Waals surface area (Å²) in [5.74, 6) is 0. The Hall–Kier alpha value is -3.79. The molecule has 28 heavy (non-hydrogen) atoms. The molecule has 1 aliphatic rings. The standard InChI is InChI=1S/C24H18N4/c25-18-10-12-22-23(16-6-2-4-8-20(16)28-22)24(18)26-14-9-11-21-17(13-14)15-5-1-3-7-19(15)27-21/h1-13,24-28H. The van der Waals surface area contributed by atoms with Gasteiger partial charge >= 0.3 is 0 Å². The summed E-state index contributed by atoms with van der Waals surface area (Å²) in [5, 5.41) is 15.7. The first-order chi connectivity index (χ1) is 13.8. The van der Waals surface area contributed by atoms with Crippen LogP contribution in [0.25, 0.3) is 38.8 Å². The van der Waals surface area contributed by atoms with Gasteiger partial charge < -0.3 is 20.7 Å². The fraction of sp³-hybridized carbons (Fsp3) is 0.0417. The summed E-state index contributed by atoms with van der Waals surface area (Å²) in [5.41, 5.74) is 7.16. The number of aromatic nitrogens is 2. The second kappa shape index (κ2) is 5.60. The van der Waals surface area contributed by atoms with E-state index in [4.69, 9.17) is 5.41 Å². The van der Waals surface area contributed by atoms with Crippen LogP contribution in [-0.4, -0.2) is 15.7 Å². The summed E-state index contributed by atoms with van der Waals surface area (Å²) < 4.78 is 0. The van der Waals surface area contributed by atoms with Crippen molar-refractivity contribution in [2.24, 2.45) is 0 Å². The van der Waals surface area contributed by atoms with Crippen molar-refractivity contribution in [2.45, 2.75) is 6.04 Å². The molecule has 1 aliphatic carbocycles. The molecule has 5 aromatic rings. The van der Waals surface area contributed by atoms with Crippen molar-refractivity contribution in [3.05, 3.63) is 84.1 Å². The molecule has 3 aromatic carbocycles. The molecule has 0 amide bonds. The number of benzene rings is 3. The number of rotatable bonds is 2. The number of anilines is 1.